The maximum Gasteiger partial charge on any atom is 0.262 e. The van der Waals surface area contributed by atoms with Crippen LogP contribution in [0.2, 0.25) is 0 Å². The van der Waals surface area contributed by atoms with Gasteiger partial charge < -0.3 is 21.1 Å². The van der Waals surface area contributed by atoms with Gasteiger partial charge in [-0.05, 0) is 56.4 Å². The van der Waals surface area contributed by atoms with Crippen LogP contribution < -0.4 is 21.1 Å². The van der Waals surface area contributed by atoms with Crippen LogP contribution in [-0.4, -0.2) is 30.2 Å². The first kappa shape index (κ1) is 22.0. The maximum atomic E-state index is 15.8. The first-order valence-electron chi connectivity index (χ1n) is 10.7. The van der Waals surface area contributed by atoms with E-state index in [0.29, 0.717) is 22.6 Å². The number of benzene rings is 2. The summed E-state index contributed by atoms with van der Waals surface area (Å²) in [6, 6.07) is 7.58. The van der Waals surface area contributed by atoms with Gasteiger partial charge in [0.15, 0.2) is 12.4 Å². The van der Waals surface area contributed by atoms with Crippen LogP contribution in [0.4, 0.5) is 10.1 Å². The van der Waals surface area contributed by atoms with E-state index in [-0.39, 0.29) is 48.1 Å². The van der Waals surface area contributed by atoms with E-state index in [1.54, 1.807) is 31.2 Å². The molecule has 0 bridgehead atoms. The lowest BCUT2D eigenvalue weighted by Gasteiger charge is -2.25. The van der Waals surface area contributed by atoms with Gasteiger partial charge in [-0.25, -0.2) is 4.39 Å². The van der Waals surface area contributed by atoms with Crippen molar-refractivity contribution < 1.29 is 23.5 Å². The second-order valence-corrected chi connectivity index (χ2v) is 8.59. The smallest absolute Gasteiger partial charge is 0.262 e. The number of hydrogen-bond donors (Lipinski definition) is 3. The number of nitrogens with one attached hydrogen (secondary N) is 2. The molecule has 1 fully saturated rings. The average molecular weight is 439 g/mol. The number of ketones is 1. The number of anilines is 1. The number of primary amides is 1. The lowest BCUT2D eigenvalue weighted by atomic mass is 9.91. The van der Waals surface area contributed by atoms with Gasteiger partial charge in [-0.2, -0.15) is 0 Å². The third kappa shape index (κ3) is 4.50. The minimum absolute atomic E-state index is 0.0114. The summed E-state index contributed by atoms with van der Waals surface area (Å²) in [5.74, 6) is -1.09. The molecule has 8 heteroatoms. The lowest BCUT2D eigenvalue weighted by molar-refractivity contribution is -0.119. The van der Waals surface area contributed by atoms with Crippen molar-refractivity contribution in [1.29, 1.82) is 0 Å². The topological polar surface area (TPSA) is 111 Å². The molecule has 2 aromatic carbocycles. The molecular weight excluding hydrogens is 413 g/mol. The number of nitrogens with two attached hydrogens (primary N) is 1. The number of amides is 2. The molecule has 7 nitrogen and oxygen atoms in total. The quantitative estimate of drug-likeness (QED) is 0.548. The molecule has 1 aliphatic carbocycles. The van der Waals surface area contributed by atoms with Crippen molar-refractivity contribution in [2.45, 2.75) is 45.2 Å². The predicted molar refractivity (Wildman–Crippen MR) is 117 cm³/mol. The summed E-state index contributed by atoms with van der Waals surface area (Å²) in [4.78, 5) is 36.0. The van der Waals surface area contributed by atoms with Crippen LogP contribution in [0.15, 0.2) is 30.3 Å². The van der Waals surface area contributed by atoms with Crippen molar-refractivity contribution in [3.05, 3.63) is 58.4 Å². The molecule has 1 aliphatic heterocycles. The molecule has 4 rings (SSSR count). The normalized spacial score (nSPS) is 17.0. The summed E-state index contributed by atoms with van der Waals surface area (Å²) in [5.41, 5.74) is 7.01. The van der Waals surface area contributed by atoms with Gasteiger partial charge in [0, 0.05) is 29.6 Å². The minimum Gasteiger partial charge on any atom is -0.482 e. The fraction of sp³-hybridized carbons (Fsp3) is 0.375. The van der Waals surface area contributed by atoms with Crippen molar-refractivity contribution in [1.82, 2.24) is 5.32 Å². The monoisotopic (exact) mass is 439 g/mol. The first-order valence-corrected chi connectivity index (χ1v) is 10.7. The van der Waals surface area contributed by atoms with E-state index in [1.807, 2.05) is 6.92 Å². The van der Waals surface area contributed by atoms with E-state index in [4.69, 9.17) is 10.5 Å². The SMILES string of the molecule is Cc1ccc([C@H](N[C@@H](C)CC(N)=O)C2CC2)c(F)c1C(=O)c1ccc2c(c1)OCC(=O)N2. The van der Waals surface area contributed by atoms with E-state index in [0.717, 1.165) is 12.8 Å². The van der Waals surface area contributed by atoms with Gasteiger partial charge in [0.25, 0.3) is 5.91 Å². The molecule has 0 saturated heterocycles. The zero-order valence-electron chi connectivity index (χ0n) is 18.0. The minimum atomic E-state index is -0.558. The third-order valence-corrected chi connectivity index (χ3v) is 5.88. The Morgan fingerprint density at radius 1 is 1.28 bits per heavy atom. The Hall–Kier alpha value is -3.26. The highest BCUT2D eigenvalue weighted by atomic mass is 19.1. The van der Waals surface area contributed by atoms with Crippen molar-refractivity contribution in [3.8, 4) is 5.75 Å². The molecule has 0 spiro atoms. The maximum absolute atomic E-state index is 15.8. The zero-order chi connectivity index (χ0) is 23.0. The van der Waals surface area contributed by atoms with E-state index < -0.39 is 17.5 Å². The van der Waals surface area contributed by atoms with E-state index >= 15 is 4.39 Å². The molecule has 32 heavy (non-hydrogen) atoms. The fourth-order valence-electron chi connectivity index (χ4n) is 4.14. The number of halogens is 1. The van der Waals surface area contributed by atoms with Crippen LogP contribution in [0.5, 0.6) is 5.75 Å². The summed E-state index contributed by atoms with van der Waals surface area (Å²) in [6.07, 6.45) is 2.05. The summed E-state index contributed by atoms with van der Waals surface area (Å²) in [6.45, 7) is 3.40. The Balaban J connectivity index is 1.66. The van der Waals surface area contributed by atoms with Crippen LogP contribution in [0.25, 0.3) is 0 Å². The van der Waals surface area contributed by atoms with E-state index in [1.165, 1.54) is 6.07 Å². The van der Waals surface area contributed by atoms with Crippen molar-refractivity contribution in [2.75, 3.05) is 11.9 Å². The Morgan fingerprint density at radius 2 is 2.03 bits per heavy atom. The Kier molecular flexibility index (Phi) is 5.97. The summed E-state index contributed by atoms with van der Waals surface area (Å²) < 4.78 is 21.2. The number of ether oxygens (including phenoxy) is 1. The predicted octanol–water partition coefficient (Wildman–Crippen LogP) is 3.00. The molecule has 2 aromatic rings. The summed E-state index contributed by atoms with van der Waals surface area (Å²) in [5, 5.41) is 6.00. The van der Waals surface area contributed by atoms with Crippen LogP contribution >= 0.6 is 0 Å². The molecule has 4 N–H and O–H groups in total. The summed E-state index contributed by atoms with van der Waals surface area (Å²) in [7, 11) is 0. The molecule has 0 radical (unpaired) electrons. The van der Waals surface area contributed by atoms with Gasteiger partial charge >= 0.3 is 0 Å². The number of hydrogen-bond acceptors (Lipinski definition) is 5. The van der Waals surface area contributed by atoms with Gasteiger partial charge in [0.05, 0.1) is 11.3 Å². The van der Waals surface area contributed by atoms with Crippen LogP contribution in [0, 0.1) is 18.7 Å². The van der Waals surface area contributed by atoms with Crippen molar-refractivity contribution in [3.63, 3.8) is 0 Å². The second-order valence-electron chi connectivity index (χ2n) is 8.59. The van der Waals surface area contributed by atoms with Gasteiger partial charge in [-0.3, -0.25) is 14.4 Å². The molecular formula is C24H26FN3O4. The largest absolute Gasteiger partial charge is 0.482 e. The molecule has 0 unspecified atom stereocenters. The van der Waals surface area contributed by atoms with E-state index in [9.17, 15) is 14.4 Å². The molecule has 168 valence electrons. The standard InChI is InChI=1S/C24H26FN3O4/c1-12-3-7-16(23(14-4-5-14)27-13(2)9-19(26)29)22(25)21(12)24(31)15-6-8-17-18(10-15)32-11-20(30)28-17/h3,6-8,10,13-14,23,27H,4-5,9,11H2,1-2H3,(H2,26,29)(H,28,30)/t13-,23+/m0/s1. The van der Waals surface area contributed by atoms with Gasteiger partial charge in [-0.1, -0.05) is 12.1 Å². The van der Waals surface area contributed by atoms with Crippen LogP contribution in [0.1, 0.15) is 59.3 Å². The molecule has 0 aromatic heterocycles. The number of rotatable bonds is 8. The van der Waals surface area contributed by atoms with E-state index in [2.05, 4.69) is 10.6 Å². The van der Waals surface area contributed by atoms with Crippen LogP contribution in [-0.2, 0) is 9.59 Å². The highest BCUT2D eigenvalue weighted by molar-refractivity contribution is 6.11. The lowest BCUT2D eigenvalue weighted by Crippen LogP contribution is -2.35. The summed E-state index contributed by atoms with van der Waals surface area (Å²) >= 11 is 0. The van der Waals surface area contributed by atoms with Crippen molar-refractivity contribution >= 4 is 23.3 Å². The zero-order valence-corrected chi connectivity index (χ0v) is 18.0. The molecule has 2 aliphatic rings. The number of carbonyl (C=O) groups excluding carboxylic acids is 3. The first-order chi connectivity index (χ1) is 15.2. The molecule has 2 atom stereocenters. The second kappa shape index (κ2) is 8.70. The molecule has 1 saturated carbocycles. The van der Waals surface area contributed by atoms with Gasteiger partial charge in [0.1, 0.15) is 11.6 Å². The Labute approximate surface area is 185 Å². The Morgan fingerprint density at radius 3 is 2.72 bits per heavy atom. The number of fused-ring (bicyclic) bond motifs is 1. The third-order valence-electron chi connectivity index (χ3n) is 5.88. The molecule has 1 heterocycles. The highest BCUT2D eigenvalue weighted by Gasteiger charge is 2.36. The average Bonchev–Trinajstić information content (AvgIpc) is 3.57. The van der Waals surface area contributed by atoms with Gasteiger partial charge in [-0.15, -0.1) is 0 Å². The Bertz CT molecular complexity index is 1100. The highest BCUT2D eigenvalue weighted by Crippen LogP contribution is 2.43. The van der Waals surface area contributed by atoms with Gasteiger partial charge in [0.2, 0.25) is 5.91 Å². The fourth-order valence-corrected chi connectivity index (χ4v) is 4.14. The molecule has 2 amide bonds. The van der Waals surface area contributed by atoms with Crippen LogP contribution in [0.3, 0.4) is 0 Å². The van der Waals surface area contributed by atoms with Crippen molar-refractivity contribution in [2.24, 2.45) is 11.7 Å². The number of carbonyl (C=O) groups is 3. The number of aryl methyl sites for hydroxylation is 1.